The molecule has 2 fully saturated rings. The lowest BCUT2D eigenvalue weighted by atomic mass is 9.96. The lowest BCUT2D eigenvalue weighted by Crippen LogP contribution is -2.61. The van der Waals surface area contributed by atoms with Gasteiger partial charge in [-0.3, -0.25) is 4.79 Å². The zero-order valence-corrected chi connectivity index (χ0v) is 25.5. The molecule has 0 bridgehead atoms. The average molecular weight is 614 g/mol. The maximum absolute atomic E-state index is 15.4. The van der Waals surface area contributed by atoms with E-state index < -0.39 is 5.82 Å². The topological polar surface area (TPSA) is 114 Å². The Labute approximate surface area is 261 Å². The van der Waals surface area contributed by atoms with Crippen LogP contribution in [0.25, 0.3) is 10.9 Å². The molecule has 2 saturated heterocycles. The first-order valence-electron chi connectivity index (χ1n) is 14.8. The van der Waals surface area contributed by atoms with E-state index in [1.54, 1.807) is 43.5 Å². The highest BCUT2D eigenvalue weighted by atomic mass is 19.1. The van der Waals surface area contributed by atoms with Crippen LogP contribution in [0.2, 0.25) is 0 Å². The second-order valence-corrected chi connectivity index (χ2v) is 11.5. The second kappa shape index (κ2) is 12.6. The smallest absolute Gasteiger partial charge is 0.245 e. The van der Waals surface area contributed by atoms with E-state index in [0.717, 1.165) is 37.4 Å². The van der Waals surface area contributed by atoms with E-state index in [1.165, 1.54) is 18.5 Å². The van der Waals surface area contributed by atoms with Gasteiger partial charge in [0.25, 0.3) is 0 Å². The molecule has 2 N–H and O–H groups in total. The molecule has 0 unspecified atom stereocenters. The molecular weight excluding hydrogens is 577 g/mol. The molecule has 4 aromatic rings. The third kappa shape index (κ3) is 6.46. The highest BCUT2D eigenvalue weighted by molar-refractivity contribution is 5.95. The monoisotopic (exact) mass is 613 g/mol. The fourth-order valence-corrected chi connectivity index (χ4v) is 5.67. The number of nitrogens with one attached hydrogen (secondary N) is 2. The Morgan fingerprint density at radius 2 is 1.82 bits per heavy atom. The van der Waals surface area contributed by atoms with Crippen LogP contribution in [-0.2, 0) is 9.53 Å². The summed E-state index contributed by atoms with van der Waals surface area (Å²) in [6, 6.07) is 12.1. The number of pyridine rings is 1. The minimum absolute atomic E-state index is 0.0550. The molecule has 45 heavy (non-hydrogen) atoms. The number of benzene rings is 2. The normalized spacial score (nSPS) is 16.2. The van der Waals surface area contributed by atoms with Gasteiger partial charge in [-0.15, -0.1) is 0 Å². The largest absolute Gasteiger partial charge is 0.495 e. The molecule has 1 amide bonds. The maximum atomic E-state index is 15.4. The molecule has 2 aliphatic rings. The molecule has 2 aliphatic heterocycles. The van der Waals surface area contributed by atoms with E-state index in [1.807, 2.05) is 18.2 Å². The predicted molar refractivity (Wildman–Crippen MR) is 171 cm³/mol. The number of hydrogen-bond donors (Lipinski definition) is 2. The standard InChI is InChI=1S/C33H36FN7O4/c1-5-31(42)40-12-9-21(10-13-40)38-28-16-24-27(17-29(28)43-3)36-20-37-32(24)39-26-7-6-22(14-25(26)34)45-23-8-11-35-30(15-23)41-18-33(2,19-41)44-4/h5-8,11,14-17,20-21,38H,1,9-10,12-13,18-19H2,2-4H3,(H,36,37,39). The molecule has 0 atom stereocenters. The summed E-state index contributed by atoms with van der Waals surface area (Å²) in [5.74, 6) is 2.20. The molecule has 234 valence electrons. The van der Waals surface area contributed by atoms with Crippen LogP contribution in [-0.4, -0.2) is 77.8 Å². The van der Waals surface area contributed by atoms with Crippen LogP contribution in [0.3, 0.4) is 0 Å². The predicted octanol–water partition coefficient (Wildman–Crippen LogP) is 5.52. The second-order valence-electron chi connectivity index (χ2n) is 11.5. The summed E-state index contributed by atoms with van der Waals surface area (Å²) >= 11 is 0. The van der Waals surface area contributed by atoms with Crippen molar-refractivity contribution in [2.45, 2.75) is 31.4 Å². The van der Waals surface area contributed by atoms with Gasteiger partial charge in [0.2, 0.25) is 5.91 Å². The van der Waals surface area contributed by atoms with Gasteiger partial charge in [-0.25, -0.2) is 19.3 Å². The van der Waals surface area contributed by atoms with E-state index in [2.05, 4.69) is 44.0 Å². The van der Waals surface area contributed by atoms with Crippen molar-refractivity contribution < 1.29 is 23.4 Å². The van der Waals surface area contributed by atoms with Crippen LogP contribution >= 0.6 is 0 Å². The van der Waals surface area contributed by atoms with E-state index in [4.69, 9.17) is 14.2 Å². The number of halogens is 1. The van der Waals surface area contributed by atoms with Crippen LogP contribution in [0.5, 0.6) is 17.2 Å². The lowest BCUT2D eigenvalue weighted by Gasteiger charge is -2.47. The Balaban J connectivity index is 1.17. The van der Waals surface area contributed by atoms with Crippen LogP contribution < -0.4 is 25.0 Å². The average Bonchev–Trinajstić information content (AvgIpc) is 3.04. The third-order valence-corrected chi connectivity index (χ3v) is 8.31. The first-order valence-corrected chi connectivity index (χ1v) is 14.8. The highest BCUT2D eigenvalue weighted by Gasteiger charge is 2.39. The summed E-state index contributed by atoms with van der Waals surface area (Å²) in [5.41, 5.74) is 1.46. The number of methoxy groups -OCH3 is 2. The number of fused-ring (bicyclic) bond motifs is 1. The molecule has 2 aromatic carbocycles. The van der Waals surface area contributed by atoms with E-state index in [9.17, 15) is 4.79 Å². The summed E-state index contributed by atoms with van der Waals surface area (Å²) < 4.78 is 32.5. The third-order valence-electron chi connectivity index (χ3n) is 8.31. The van der Waals surface area contributed by atoms with Gasteiger partial charge in [0, 0.05) is 69.1 Å². The van der Waals surface area contributed by atoms with Crippen molar-refractivity contribution in [3.63, 3.8) is 0 Å². The summed E-state index contributed by atoms with van der Waals surface area (Å²) in [5, 5.41) is 7.37. The number of carbonyl (C=O) groups is 1. The SMILES string of the molecule is C=CC(=O)N1CCC(Nc2cc3c(Nc4ccc(Oc5ccnc(N6CC(C)(OC)C6)c5)cc4F)ncnc3cc2OC)CC1. The van der Waals surface area contributed by atoms with Gasteiger partial charge in [-0.05, 0) is 50.1 Å². The van der Waals surface area contributed by atoms with Crippen molar-refractivity contribution >= 4 is 39.8 Å². The summed E-state index contributed by atoms with van der Waals surface area (Å²) in [7, 11) is 3.31. The Morgan fingerprint density at radius 3 is 2.53 bits per heavy atom. The number of aromatic nitrogens is 3. The van der Waals surface area contributed by atoms with Gasteiger partial charge in [-0.1, -0.05) is 6.58 Å². The fraction of sp³-hybridized carbons (Fsp3) is 0.333. The van der Waals surface area contributed by atoms with Crippen molar-refractivity contribution in [1.82, 2.24) is 19.9 Å². The number of ether oxygens (including phenoxy) is 3. The molecule has 0 aliphatic carbocycles. The lowest BCUT2D eigenvalue weighted by molar-refractivity contribution is -0.126. The summed E-state index contributed by atoms with van der Waals surface area (Å²) in [6.07, 6.45) is 6.00. The van der Waals surface area contributed by atoms with Gasteiger partial charge in [-0.2, -0.15) is 0 Å². The van der Waals surface area contributed by atoms with E-state index in [-0.39, 0.29) is 23.2 Å². The van der Waals surface area contributed by atoms with Gasteiger partial charge in [0.1, 0.15) is 41.0 Å². The van der Waals surface area contributed by atoms with Crippen molar-refractivity contribution in [3.05, 3.63) is 73.5 Å². The Morgan fingerprint density at radius 1 is 1.04 bits per heavy atom. The van der Waals surface area contributed by atoms with Crippen molar-refractivity contribution in [3.8, 4) is 17.2 Å². The van der Waals surface area contributed by atoms with Crippen LogP contribution in [0.4, 0.5) is 27.4 Å². The quantitative estimate of drug-likeness (QED) is 0.222. The van der Waals surface area contributed by atoms with Gasteiger partial charge >= 0.3 is 0 Å². The number of piperidine rings is 1. The fourth-order valence-electron chi connectivity index (χ4n) is 5.67. The number of carbonyl (C=O) groups excluding carboxylic acids is 1. The van der Waals surface area contributed by atoms with Gasteiger partial charge in [0.05, 0.1) is 29.6 Å². The van der Waals surface area contributed by atoms with Crippen molar-refractivity contribution in [1.29, 1.82) is 0 Å². The van der Waals surface area contributed by atoms with E-state index in [0.29, 0.717) is 47.1 Å². The highest BCUT2D eigenvalue weighted by Crippen LogP contribution is 2.36. The van der Waals surface area contributed by atoms with Gasteiger partial charge in [0.15, 0.2) is 0 Å². The first kappa shape index (κ1) is 30.1. The van der Waals surface area contributed by atoms with Crippen molar-refractivity contribution in [2.24, 2.45) is 0 Å². The minimum Gasteiger partial charge on any atom is -0.495 e. The van der Waals surface area contributed by atoms with Crippen molar-refractivity contribution in [2.75, 3.05) is 55.9 Å². The Bertz CT molecular complexity index is 1720. The molecular formula is C33H36FN7O4. The zero-order valence-electron chi connectivity index (χ0n) is 25.5. The molecule has 12 heteroatoms. The first-order chi connectivity index (χ1) is 21.8. The minimum atomic E-state index is -0.500. The molecule has 6 rings (SSSR count). The number of rotatable bonds is 10. The van der Waals surface area contributed by atoms with Crippen LogP contribution in [0, 0.1) is 5.82 Å². The maximum Gasteiger partial charge on any atom is 0.245 e. The van der Waals surface area contributed by atoms with Crippen LogP contribution in [0.15, 0.2) is 67.6 Å². The van der Waals surface area contributed by atoms with Crippen LogP contribution in [0.1, 0.15) is 19.8 Å². The number of hydrogen-bond acceptors (Lipinski definition) is 10. The Kier molecular flexibility index (Phi) is 8.40. The number of nitrogens with zero attached hydrogens (tertiary/aromatic N) is 5. The molecule has 2 aromatic heterocycles. The number of anilines is 4. The number of amides is 1. The van der Waals surface area contributed by atoms with E-state index >= 15 is 4.39 Å². The molecule has 11 nitrogen and oxygen atoms in total. The molecule has 0 saturated carbocycles. The molecule has 0 radical (unpaired) electrons. The summed E-state index contributed by atoms with van der Waals surface area (Å²) in [6.45, 7) is 8.38. The summed E-state index contributed by atoms with van der Waals surface area (Å²) in [4.78, 5) is 29.1. The van der Waals surface area contributed by atoms with Gasteiger partial charge < -0.3 is 34.6 Å². The molecule has 4 heterocycles. The number of likely N-dealkylation sites (tertiary alicyclic amines) is 1. The zero-order chi connectivity index (χ0) is 31.6. The Hall–Kier alpha value is -4.97. The molecule has 0 spiro atoms.